The maximum absolute atomic E-state index is 14.0. The Morgan fingerprint density at radius 1 is 1.02 bits per heavy atom. The van der Waals surface area contributed by atoms with Crippen LogP contribution in [0.15, 0.2) is 79.0 Å². The van der Waals surface area contributed by atoms with Crippen LogP contribution in [0, 0.1) is 11.3 Å². The fourth-order valence-electron chi connectivity index (χ4n) is 6.29. The van der Waals surface area contributed by atoms with E-state index in [1.54, 1.807) is 40.3 Å². The molecule has 2 fully saturated rings. The largest absolute Gasteiger partial charge is 0.508 e. The van der Waals surface area contributed by atoms with Crippen molar-refractivity contribution in [3.05, 3.63) is 95.7 Å². The summed E-state index contributed by atoms with van der Waals surface area (Å²) in [5.41, 5.74) is 1.28. The zero-order valence-electron chi connectivity index (χ0n) is 23.5. The number of carbonyl (C=O) groups excluding carboxylic acids is 3. The Morgan fingerprint density at radius 2 is 1.79 bits per heavy atom. The van der Waals surface area contributed by atoms with E-state index in [1.807, 2.05) is 36.4 Å². The highest BCUT2D eigenvalue weighted by Gasteiger charge is 2.52. The molecule has 3 heterocycles. The van der Waals surface area contributed by atoms with E-state index < -0.39 is 17.6 Å². The van der Waals surface area contributed by atoms with Gasteiger partial charge in [0.05, 0.1) is 28.8 Å². The molecule has 0 aliphatic carbocycles. The first kappa shape index (κ1) is 28.2. The first-order valence-electron chi connectivity index (χ1n) is 14.2. The first-order valence-corrected chi connectivity index (χ1v) is 14.2. The van der Waals surface area contributed by atoms with Crippen LogP contribution in [0.1, 0.15) is 34.0 Å². The van der Waals surface area contributed by atoms with Gasteiger partial charge in [-0.05, 0) is 41.7 Å². The monoisotopic (exact) mass is 583 g/mol. The van der Waals surface area contributed by atoms with Crippen molar-refractivity contribution in [1.29, 1.82) is 0 Å². The normalized spacial score (nSPS) is 20.4. The molecule has 0 radical (unpaired) electrons. The van der Waals surface area contributed by atoms with Crippen molar-refractivity contribution in [2.75, 3.05) is 32.7 Å². The molecule has 2 aliphatic heterocycles. The number of aromatic nitrogens is 2. The molecule has 2 aliphatic rings. The summed E-state index contributed by atoms with van der Waals surface area (Å²) in [6.07, 6.45) is 0.551. The number of para-hydroxylation sites is 1. The highest BCUT2D eigenvalue weighted by Crippen LogP contribution is 2.40. The summed E-state index contributed by atoms with van der Waals surface area (Å²) >= 11 is 0. The lowest BCUT2D eigenvalue weighted by molar-refractivity contribution is -0.140. The van der Waals surface area contributed by atoms with Gasteiger partial charge in [0.2, 0.25) is 5.91 Å². The number of ether oxygens (including phenoxy) is 1. The molecule has 3 aromatic carbocycles. The number of piperidine rings is 2. The van der Waals surface area contributed by atoms with Gasteiger partial charge in [0.25, 0.3) is 5.91 Å². The van der Waals surface area contributed by atoms with Crippen LogP contribution in [0.5, 0.6) is 5.75 Å². The smallest absolute Gasteiger partial charge is 0.410 e. The van der Waals surface area contributed by atoms with Crippen molar-refractivity contribution < 1.29 is 29.3 Å². The number of rotatable bonds is 7. The number of aromatic hydroxyl groups is 1. The predicted molar refractivity (Wildman–Crippen MR) is 157 cm³/mol. The Balaban J connectivity index is 1.23. The lowest BCUT2D eigenvalue weighted by Gasteiger charge is -2.51. The van der Waals surface area contributed by atoms with Gasteiger partial charge in [-0.3, -0.25) is 14.7 Å². The van der Waals surface area contributed by atoms with Crippen LogP contribution in [0.2, 0.25) is 0 Å². The van der Waals surface area contributed by atoms with Crippen LogP contribution in [0.25, 0.3) is 10.9 Å². The number of phenolic OH excluding ortho intramolecular Hbond substituents is 1. The lowest BCUT2D eigenvalue weighted by Crippen LogP contribution is -2.65. The molecule has 3 atom stereocenters. The summed E-state index contributed by atoms with van der Waals surface area (Å²) in [6.45, 7) is 0.857. The van der Waals surface area contributed by atoms with Gasteiger partial charge in [0.15, 0.2) is 0 Å². The summed E-state index contributed by atoms with van der Waals surface area (Å²) in [6, 6.07) is 21.0. The third-order valence-corrected chi connectivity index (χ3v) is 8.27. The third kappa shape index (κ3) is 5.89. The summed E-state index contributed by atoms with van der Waals surface area (Å²) in [4.78, 5) is 44.3. The number of likely N-dealkylation sites (tertiary alicyclic amines) is 2. The van der Waals surface area contributed by atoms with E-state index in [9.17, 15) is 24.6 Å². The fourth-order valence-corrected chi connectivity index (χ4v) is 6.29. The van der Waals surface area contributed by atoms with Crippen LogP contribution in [0.4, 0.5) is 4.79 Å². The number of benzene rings is 3. The average molecular weight is 584 g/mol. The van der Waals surface area contributed by atoms with Crippen molar-refractivity contribution in [1.82, 2.24) is 25.3 Å². The molecule has 222 valence electrons. The van der Waals surface area contributed by atoms with Gasteiger partial charge < -0.3 is 30.1 Å². The van der Waals surface area contributed by atoms with E-state index in [-0.39, 0.29) is 49.7 Å². The highest BCUT2D eigenvalue weighted by atomic mass is 16.6. The van der Waals surface area contributed by atoms with Gasteiger partial charge in [-0.15, -0.1) is 0 Å². The number of fused-ring (bicyclic) bond motifs is 3. The molecular weight excluding hydrogens is 550 g/mol. The van der Waals surface area contributed by atoms with E-state index in [4.69, 9.17) is 4.74 Å². The summed E-state index contributed by atoms with van der Waals surface area (Å²) < 4.78 is 5.61. The minimum Gasteiger partial charge on any atom is -0.508 e. The fraction of sp³-hybridized carbons (Fsp3) is 0.312. The molecule has 1 unspecified atom stereocenters. The highest BCUT2D eigenvalue weighted by molar-refractivity contribution is 6.05. The Morgan fingerprint density at radius 3 is 2.60 bits per heavy atom. The summed E-state index contributed by atoms with van der Waals surface area (Å²) in [5, 5.41) is 31.1. The molecule has 0 spiro atoms. The van der Waals surface area contributed by atoms with E-state index in [0.717, 1.165) is 10.9 Å². The molecule has 0 saturated carbocycles. The van der Waals surface area contributed by atoms with Gasteiger partial charge in [0, 0.05) is 38.1 Å². The second-order valence-corrected chi connectivity index (χ2v) is 11.4. The van der Waals surface area contributed by atoms with E-state index >= 15 is 0 Å². The number of hydrogen-bond donors (Lipinski definition) is 4. The van der Waals surface area contributed by atoms with Crippen LogP contribution in [-0.4, -0.2) is 80.8 Å². The van der Waals surface area contributed by atoms with Gasteiger partial charge in [-0.25, -0.2) is 4.79 Å². The first-order chi connectivity index (χ1) is 20.8. The van der Waals surface area contributed by atoms with Gasteiger partial charge in [-0.1, -0.05) is 54.6 Å². The minimum absolute atomic E-state index is 0.00923. The van der Waals surface area contributed by atoms with Crippen LogP contribution >= 0.6 is 0 Å². The molecule has 2 bridgehead atoms. The summed E-state index contributed by atoms with van der Waals surface area (Å²) in [7, 11) is 0. The number of phenols is 1. The molecule has 1 aromatic heterocycles. The molecule has 11 heteroatoms. The van der Waals surface area contributed by atoms with Crippen molar-refractivity contribution in [2.45, 2.75) is 19.1 Å². The zero-order valence-corrected chi connectivity index (χ0v) is 23.5. The quantitative estimate of drug-likeness (QED) is 0.261. The van der Waals surface area contributed by atoms with E-state index in [0.29, 0.717) is 36.2 Å². The number of hydrogen-bond acceptors (Lipinski definition) is 7. The minimum atomic E-state index is -1.12. The average Bonchev–Trinajstić information content (AvgIpc) is 3.51. The maximum Gasteiger partial charge on any atom is 0.410 e. The summed E-state index contributed by atoms with van der Waals surface area (Å²) in [5.74, 6) is -0.750. The van der Waals surface area contributed by atoms with Crippen LogP contribution in [0.3, 0.4) is 0 Å². The molecular formula is C32H33N5O6. The standard InChI is InChI=1S/C32H33N5O6/c38-25-10-4-8-23(12-25)27(39)15-33-30(41)32-13-22(17-37(20-32)31(42)43-18-21-6-2-1-3-7-21)16-36(19-32)29(40)26-11-5-9-24-14-34-35-28(24)26/h1-12,14,22,27,38-39H,13,15-20H2,(H,33,41)(H,34,35)/t22-,27?,32+/m1/s1. The topological polar surface area (TPSA) is 148 Å². The Bertz CT molecular complexity index is 1640. The number of aromatic amines is 1. The molecule has 3 amide bonds. The number of amides is 3. The Labute approximate surface area is 248 Å². The SMILES string of the molecule is O=C(OCc1ccccc1)N1C[C@H]2CN(C(=O)c3cccc4cn[nH]c34)C[C@@](C(=O)NCC(O)c3cccc(O)c3)(C2)C1. The van der Waals surface area contributed by atoms with Gasteiger partial charge in [-0.2, -0.15) is 5.10 Å². The molecule has 2 saturated heterocycles. The van der Waals surface area contributed by atoms with Crippen molar-refractivity contribution in [2.24, 2.45) is 11.3 Å². The number of aliphatic hydroxyl groups is 1. The number of nitrogens with one attached hydrogen (secondary N) is 2. The maximum atomic E-state index is 14.0. The van der Waals surface area contributed by atoms with Gasteiger partial charge >= 0.3 is 6.09 Å². The Hall–Kier alpha value is -4.90. The zero-order chi connectivity index (χ0) is 30.0. The Kier molecular flexibility index (Phi) is 7.73. The van der Waals surface area contributed by atoms with Crippen molar-refractivity contribution in [3.63, 3.8) is 0 Å². The number of aliphatic hydroxyl groups excluding tert-OH is 1. The molecule has 43 heavy (non-hydrogen) atoms. The van der Waals surface area contributed by atoms with Crippen molar-refractivity contribution >= 4 is 28.8 Å². The predicted octanol–water partition coefficient (Wildman–Crippen LogP) is 3.22. The third-order valence-electron chi connectivity index (χ3n) is 8.27. The van der Waals surface area contributed by atoms with Crippen molar-refractivity contribution in [3.8, 4) is 5.75 Å². The molecule has 6 rings (SSSR count). The van der Waals surface area contributed by atoms with E-state index in [2.05, 4.69) is 15.5 Å². The van der Waals surface area contributed by atoms with Crippen LogP contribution in [-0.2, 0) is 16.1 Å². The lowest BCUT2D eigenvalue weighted by atomic mass is 9.71. The molecule has 4 aromatic rings. The number of carbonyl (C=O) groups is 3. The number of H-pyrrole nitrogens is 1. The second kappa shape index (κ2) is 11.8. The van der Waals surface area contributed by atoms with Crippen LogP contribution < -0.4 is 5.32 Å². The van der Waals surface area contributed by atoms with Gasteiger partial charge in [0.1, 0.15) is 12.4 Å². The van der Waals surface area contributed by atoms with E-state index in [1.165, 1.54) is 12.1 Å². The second-order valence-electron chi connectivity index (χ2n) is 11.4. The molecule has 11 nitrogen and oxygen atoms in total. The number of nitrogens with zero attached hydrogens (tertiary/aromatic N) is 3. The molecule has 4 N–H and O–H groups in total.